The molecule has 0 atom stereocenters. The molecule has 4 heteroatoms. The van der Waals surface area contributed by atoms with Crippen LogP contribution in [-0.4, -0.2) is 18.2 Å². The Hall–Kier alpha value is -1.94. The fourth-order valence-electron chi connectivity index (χ4n) is 2.51. The van der Waals surface area contributed by atoms with Crippen LogP contribution in [0.1, 0.15) is 45.6 Å². The molecule has 0 spiro atoms. The zero-order valence-electron chi connectivity index (χ0n) is 13.7. The Morgan fingerprint density at radius 2 is 1.96 bits per heavy atom. The number of carbonyl (C=O) groups is 2. The van der Waals surface area contributed by atoms with Crippen LogP contribution in [0.25, 0.3) is 0 Å². The van der Waals surface area contributed by atoms with E-state index in [0.29, 0.717) is 6.54 Å². The lowest BCUT2D eigenvalue weighted by Gasteiger charge is -2.08. The molecule has 23 heavy (non-hydrogen) atoms. The number of ketones is 1. The number of carbonyl (C=O) groups excluding carboxylic acids is 2. The van der Waals surface area contributed by atoms with Gasteiger partial charge in [-0.1, -0.05) is 29.8 Å². The third-order valence-corrected chi connectivity index (χ3v) is 4.73. The average molecular weight is 329 g/mol. The smallest absolute Gasteiger partial charge is 0.220 e. The van der Waals surface area contributed by atoms with E-state index in [1.807, 2.05) is 11.4 Å². The normalized spacial score (nSPS) is 10.5. The zero-order valence-corrected chi connectivity index (χ0v) is 14.5. The highest BCUT2D eigenvalue weighted by molar-refractivity contribution is 7.12. The maximum Gasteiger partial charge on any atom is 0.220 e. The maximum atomic E-state index is 11.8. The Morgan fingerprint density at radius 1 is 1.13 bits per heavy atom. The van der Waals surface area contributed by atoms with Crippen molar-refractivity contribution in [3.05, 3.63) is 57.3 Å². The van der Waals surface area contributed by atoms with Crippen LogP contribution >= 0.6 is 11.3 Å². The van der Waals surface area contributed by atoms with Crippen molar-refractivity contribution in [2.24, 2.45) is 0 Å². The summed E-state index contributed by atoms with van der Waals surface area (Å²) in [4.78, 5) is 24.3. The molecule has 0 bridgehead atoms. The van der Waals surface area contributed by atoms with Crippen molar-refractivity contribution in [3.8, 4) is 0 Å². The number of nitrogens with one attached hydrogen (secondary N) is 1. The number of amides is 1. The summed E-state index contributed by atoms with van der Waals surface area (Å²) in [6.45, 7) is 4.87. The molecular formula is C19H23NO2S. The van der Waals surface area contributed by atoms with Crippen molar-refractivity contribution >= 4 is 23.0 Å². The van der Waals surface area contributed by atoms with Crippen molar-refractivity contribution in [2.75, 3.05) is 6.54 Å². The van der Waals surface area contributed by atoms with E-state index in [2.05, 4.69) is 37.4 Å². The van der Waals surface area contributed by atoms with Crippen molar-refractivity contribution < 1.29 is 9.59 Å². The van der Waals surface area contributed by atoms with Crippen LogP contribution in [0.2, 0.25) is 0 Å². The Morgan fingerprint density at radius 3 is 2.65 bits per heavy atom. The largest absolute Gasteiger partial charge is 0.356 e. The predicted molar refractivity (Wildman–Crippen MR) is 95.1 cm³/mol. The van der Waals surface area contributed by atoms with Crippen LogP contribution in [0.4, 0.5) is 0 Å². The minimum Gasteiger partial charge on any atom is -0.356 e. The molecule has 1 heterocycles. The second-order valence-corrected chi connectivity index (χ2v) is 6.73. The Balaban J connectivity index is 1.64. The Labute approximate surface area is 141 Å². The van der Waals surface area contributed by atoms with E-state index in [4.69, 9.17) is 0 Å². The molecule has 0 aliphatic heterocycles. The summed E-state index contributed by atoms with van der Waals surface area (Å²) in [5, 5.41) is 4.77. The summed E-state index contributed by atoms with van der Waals surface area (Å²) in [6, 6.07) is 10.1. The van der Waals surface area contributed by atoms with Gasteiger partial charge < -0.3 is 5.32 Å². The first-order chi connectivity index (χ1) is 11.1. The number of rotatable bonds is 8. The molecule has 0 unspecified atom stereocenters. The minimum absolute atomic E-state index is 0.0458. The molecule has 1 amide bonds. The molecule has 3 nitrogen and oxygen atoms in total. The Bertz CT molecular complexity index is 662. The van der Waals surface area contributed by atoms with E-state index in [1.165, 1.54) is 28.0 Å². The second-order valence-electron chi connectivity index (χ2n) is 5.78. The molecule has 0 saturated heterocycles. The van der Waals surface area contributed by atoms with E-state index in [0.717, 1.165) is 17.7 Å². The lowest BCUT2D eigenvalue weighted by Crippen LogP contribution is -2.25. The number of benzene rings is 1. The minimum atomic E-state index is -0.0458. The highest BCUT2D eigenvalue weighted by atomic mass is 32.1. The quantitative estimate of drug-likeness (QED) is 0.586. The van der Waals surface area contributed by atoms with Crippen molar-refractivity contribution in [1.29, 1.82) is 0 Å². The number of aryl methyl sites for hydroxylation is 3. The van der Waals surface area contributed by atoms with Gasteiger partial charge in [-0.05, 0) is 49.3 Å². The van der Waals surface area contributed by atoms with Gasteiger partial charge in [-0.25, -0.2) is 0 Å². The number of Topliss-reactive ketones (excluding diaryl/α,β-unsaturated/α-hetero) is 1. The molecule has 1 aromatic carbocycles. The van der Waals surface area contributed by atoms with E-state index < -0.39 is 0 Å². The first-order valence-electron chi connectivity index (χ1n) is 7.96. The second kappa shape index (κ2) is 8.63. The van der Waals surface area contributed by atoms with Gasteiger partial charge >= 0.3 is 0 Å². The van der Waals surface area contributed by atoms with E-state index in [9.17, 15) is 9.59 Å². The highest BCUT2D eigenvalue weighted by Gasteiger charge is 2.09. The van der Waals surface area contributed by atoms with Crippen LogP contribution in [0.15, 0.2) is 35.7 Å². The molecule has 0 saturated carbocycles. The third kappa shape index (κ3) is 5.64. The molecule has 0 radical (unpaired) electrons. The van der Waals surface area contributed by atoms with E-state index in [1.54, 1.807) is 6.07 Å². The fourth-order valence-corrected chi connectivity index (χ4v) is 3.20. The molecule has 2 rings (SSSR count). The van der Waals surface area contributed by atoms with Crippen LogP contribution in [0.5, 0.6) is 0 Å². The standard InChI is InChI=1S/C19H23NO2S/c1-14-7-8-16(15(2)13-14)5-3-11-20-19(22)10-9-17(21)18-6-4-12-23-18/h4,6-8,12-13H,3,5,9-11H2,1-2H3,(H,20,22). The van der Waals surface area contributed by atoms with Gasteiger partial charge in [-0.3, -0.25) is 9.59 Å². The van der Waals surface area contributed by atoms with Gasteiger partial charge in [0.1, 0.15) is 0 Å². The van der Waals surface area contributed by atoms with Crippen LogP contribution in [0.3, 0.4) is 0 Å². The van der Waals surface area contributed by atoms with E-state index in [-0.39, 0.29) is 24.5 Å². The van der Waals surface area contributed by atoms with Gasteiger partial charge in [-0.2, -0.15) is 0 Å². The van der Waals surface area contributed by atoms with Gasteiger partial charge in [0.25, 0.3) is 0 Å². The predicted octanol–water partition coefficient (Wildman–Crippen LogP) is 4.08. The summed E-state index contributed by atoms with van der Waals surface area (Å²) >= 11 is 1.42. The highest BCUT2D eigenvalue weighted by Crippen LogP contribution is 2.13. The zero-order chi connectivity index (χ0) is 16.7. The van der Waals surface area contributed by atoms with Crippen molar-refractivity contribution in [3.63, 3.8) is 0 Å². The summed E-state index contributed by atoms with van der Waals surface area (Å²) in [5.41, 5.74) is 3.91. The Kier molecular flexibility index (Phi) is 6.53. The fraction of sp³-hybridized carbons (Fsp3) is 0.368. The van der Waals surface area contributed by atoms with E-state index >= 15 is 0 Å². The SMILES string of the molecule is Cc1ccc(CCCNC(=O)CCC(=O)c2cccs2)c(C)c1. The topological polar surface area (TPSA) is 46.2 Å². The molecule has 2 aromatic rings. The van der Waals surface area contributed by atoms with Gasteiger partial charge in [0.15, 0.2) is 5.78 Å². The first-order valence-corrected chi connectivity index (χ1v) is 8.84. The van der Waals surface area contributed by atoms with Crippen LogP contribution in [0, 0.1) is 13.8 Å². The summed E-state index contributed by atoms with van der Waals surface area (Å²) in [5.74, 6) is 0.000893. The molecular weight excluding hydrogens is 306 g/mol. The summed E-state index contributed by atoms with van der Waals surface area (Å²) < 4.78 is 0. The van der Waals surface area contributed by atoms with Crippen molar-refractivity contribution in [1.82, 2.24) is 5.32 Å². The van der Waals surface area contributed by atoms with Crippen molar-refractivity contribution in [2.45, 2.75) is 39.5 Å². The number of hydrogen-bond donors (Lipinski definition) is 1. The van der Waals surface area contributed by atoms with Gasteiger partial charge in [0.2, 0.25) is 5.91 Å². The monoisotopic (exact) mass is 329 g/mol. The molecule has 0 fully saturated rings. The van der Waals surface area contributed by atoms with Gasteiger partial charge in [0, 0.05) is 19.4 Å². The summed E-state index contributed by atoms with van der Waals surface area (Å²) in [7, 11) is 0. The molecule has 1 N–H and O–H groups in total. The number of thiophene rings is 1. The average Bonchev–Trinajstić information content (AvgIpc) is 3.05. The molecule has 122 valence electrons. The molecule has 0 aliphatic carbocycles. The maximum absolute atomic E-state index is 11.8. The summed E-state index contributed by atoms with van der Waals surface area (Å²) in [6.07, 6.45) is 2.42. The number of hydrogen-bond acceptors (Lipinski definition) is 3. The lowest BCUT2D eigenvalue weighted by molar-refractivity contribution is -0.121. The third-order valence-electron chi connectivity index (χ3n) is 3.82. The molecule has 1 aromatic heterocycles. The van der Waals surface area contributed by atoms with Crippen LogP contribution in [-0.2, 0) is 11.2 Å². The van der Waals surface area contributed by atoms with Crippen LogP contribution < -0.4 is 5.32 Å². The lowest BCUT2D eigenvalue weighted by atomic mass is 10.0. The van der Waals surface area contributed by atoms with Gasteiger partial charge in [-0.15, -0.1) is 11.3 Å². The molecule has 0 aliphatic rings. The first kappa shape index (κ1) is 17.4. The van der Waals surface area contributed by atoms with Gasteiger partial charge in [0.05, 0.1) is 4.88 Å².